The third-order valence-corrected chi connectivity index (χ3v) is 5.34. The van der Waals surface area contributed by atoms with Crippen LogP contribution in [0.1, 0.15) is 30.2 Å². The zero-order chi connectivity index (χ0) is 23.2. The second-order valence-electron chi connectivity index (χ2n) is 7.77. The van der Waals surface area contributed by atoms with Gasteiger partial charge in [0.15, 0.2) is 0 Å². The number of carbonyl (C=O) groups excluding carboxylic acids is 1. The van der Waals surface area contributed by atoms with Gasteiger partial charge in [-0.05, 0) is 56.2 Å². The second-order valence-corrected chi connectivity index (χ2v) is 7.77. The van der Waals surface area contributed by atoms with E-state index in [2.05, 4.69) is 5.32 Å². The van der Waals surface area contributed by atoms with E-state index in [1.54, 1.807) is 22.9 Å². The maximum Gasteiger partial charge on any atom is 0.226 e. The molecule has 1 amide bonds. The Labute approximate surface area is 192 Å². The quantitative estimate of drug-likeness (QED) is 0.350. The molecule has 1 heterocycles. The molecule has 4 rings (SSSR count). The van der Waals surface area contributed by atoms with Gasteiger partial charge in [0.2, 0.25) is 11.8 Å². The van der Waals surface area contributed by atoms with Gasteiger partial charge in [0, 0.05) is 12.0 Å². The molecule has 0 aliphatic carbocycles. The fourth-order valence-electron chi connectivity index (χ4n) is 3.59. The molecule has 0 spiro atoms. The van der Waals surface area contributed by atoms with Crippen LogP contribution in [0.5, 0.6) is 11.6 Å². The zero-order valence-electron chi connectivity index (χ0n) is 18.7. The van der Waals surface area contributed by atoms with Gasteiger partial charge in [-0.15, -0.1) is 0 Å². The molecule has 168 valence electrons. The molecule has 0 fully saturated rings. The number of aromatic nitrogens is 2. The van der Waals surface area contributed by atoms with E-state index in [9.17, 15) is 9.18 Å². The highest BCUT2D eigenvalue weighted by atomic mass is 19.1. The minimum atomic E-state index is -0.458. The summed E-state index contributed by atoms with van der Waals surface area (Å²) in [5, 5.41) is 7.44. The first-order chi connectivity index (χ1) is 16.0. The fraction of sp³-hybridized carbons (Fsp3) is 0.185. The van der Waals surface area contributed by atoms with Gasteiger partial charge in [0.25, 0.3) is 0 Å². The molecule has 6 heteroatoms. The number of hydrogen-bond donors (Lipinski definition) is 1. The highest BCUT2D eigenvalue weighted by molar-refractivity contribution is 5.91. The van der Waals surface area contributed by atoms with Crippen molar-refractivity contribution in [3.63, 3.8) is 0 Å². The van der Waals surface area contributed by atoms with E-state index >= 15 is 0 Å². The summed E-state index contributed by atoms with van der Waals surface area (Å²) in [6.07, 6.45) is 1.28. The Bertz CT molecular complexity index is 1230. The van der Waals surface area contributed by atoms with Crippen molar-refractivity contribution in [2.75, 3.05) is 5.32 Å². The van der Waals surface area contributed by atoms with Crippen molar-refractivity contribution in [2.24, 2.45) is 0 Å². The Morgan fingerprint density at radius 2 is 1.70 bits per heavy atom. The minimum Gasteiger partial charge on any atom is -0.439 e. The lowest BCUT2D eigenvalue weighted by Crippen LogP contribution is -2.13. The number of benzene rings is 3. The third kappa shape index (κ3) is 5.29. The second kappa shape index (κ2) is 10.1. The van der Waals surface area contributed by atoms with E-state index in [0.717, 1.165) is 22.5 Å². The smallest absolute Gasteiger partial charge is 0.226 e. The maximum atomic E-state index is 13.9. The van der Waals surface area contributed by atoms with Gasteiger partial charge in [-0.2, -0.15) is 5.10 Å². The Morgan fingerprint density at radius 3 is 2.39 bits per heavy atom. The van der Waals surface area contributed by atoms with Crippen LogP contribution in [0.3, 0.4) is 0 Å². The molecule has 1 N–H and O–H groups in total. The number of nitrogens with one attached hydrogen (secondary N) is 1. The van der Waals surface area contributed by atoms with Crippen molar-refractivity contribution < 1.29 is 13.9 Å². The zero-order valence-corrected chi connectivity index (χ0v) is 18.7. The van der Waals surface area contributed by atoms with Gasteiger partial charge in [0.1, 0.15) is 11.6 Å². The molecule has 1 aromatic heterocycles. The lowest BCUT2D eigenvalue weighted by Gasteiger charge is -2.12. The standard InChI is InChI=1S/C27H26FN3O2/c1-3-24-22(17-18-26(32)29-25-12-8-7-11-23(25)28)27(33-21-15-13-19(2)14-16-21)31(30-24)20-9-5-4-6-10-20/h4-16H,3,17-18H2,1-2H3,(H,29,32). The fourth-order valence-corrected chi connectivity index (χ4v) is 3.59. The molecule has 0 bridgehead atoms. The summed E-state index contributed by atoms with van der Waals surface area (Å²) in [4.78, 5) is 12.6. The minimum absolute atomic E-state index is 0.173. The monoisotopic (exact) mass is 443 g/mol. The van der Waals surface area contributed by atoms with Crippen LogP contribution in [0.25, 0.3) is 5.69 Å². The largest absolute Gasteiger partial charge is 0.439 e. The van der Waals surface area contributed by atoms with Crippen LogP contribution < -0.4 is 10.1 Å². The summed E-state index contributed by atoms with van der Waals surface area (Å²) in [7, 11) is 0. The van der Waals surface area contributed by atoms with Crippen molar-refractivity contribution in [3.05, 3.63) is 102 Å². The average Bonchev–Trinajstić information content (AvgIpc) is 3.18. The van der Waals surface area contributed by atoms with E-state index in [0.29, 0.717) is 24.5 Å². The predicted molar refractivity (Wildman–Crippen MR) is 128 cm³/mol. The Morgan fingerprint density at radius 1 is 1.00 bits per heavy atom. The molecule has 0 unspecified atom stereocenters. The molecule has 0 radical (unpaired) electrons. The predicted octanol–water partition coefficient (Wildman–Crippen LogP) is 6.25. The lowest BCUT2D eigenvalue weighted by atomic mass is 10.1. The molecular formula is C27H26FN3O2. The SMILES string of the molecule is CCc1nn(-c2ccccc2)c(Oc2ccc(C)cc2)c1CCC(=O)Nc1ccccc1F. The molecule has 0 aliphatic rings. The number of aryl methyl sites for hydroxylation is 2. The number of nitrogens with zero attached hydrogens (tertiary/aromatic N) is 2. The molecule has 0 aliphatic heterocycles. The van der Waals surface area contributed by atoms with Gasteiger partial charge in [-0.25, -0.2) is 9.07 Å². The number of hydrogen-bond acceptors (Lipinski definition) is 3. The summed E-state index contributed by atoms with van der Waals surface area (Å²) in [5.74, 6) is 0.550. The normalized spacial score (nSPS) is 10.8. The molecule has 3 aromatic carbocycles. The number of anilines is 1. The van der Waals surface area contributed by atoms with Gasteiger partial charge in [-0.1, -0.05) is 55.0 Å². The van der Waals surface area contributed by atoms with E-state index in [4.69, 9.17) is 9.84 Å². The molecule has 0 saturated carbocycles. The Kier molecular flexibility index (Phi) is 6.83. The Hall–Kier alpha value is -3.93. The highest BCUT2D eigenvalue weighted by Gasteiger charge is 2.21. The number of carbonyl (C=O) groups is 1. The molecule has 0 saturated heterocycles. The van der Waals surface area contributed by atoms with Crippen LogP contribution in [0.2, 0.25) is 0 Å². The lowest BCUT2D eigenvalue weighted by molar-refractivity contribution is -0.116. The maximum absolute atomic E-state index is 13.9. The summed E-state index contributed by atoms with van der Waals surface area (Å²) in [6.45, 7) is 4.04. The van der Waals surface area contributed by atoms with Crippen LogP contribution in [0, 0.1) is 12.7 Å². The van der Waals surface area contributed by atoms with Crippen molar-refractivity contribution in [2.45, 2.75) is 33.1 Å². The van der Waals surface area contributed by atoms with Crippen molar-refractivity contribution in [3.8, 4) is 17.3 Å². The van der Waals surface area contributed by atoms with Gasteiger partial charge < -0.3 is 10.1 Å². The van der Waals surface area contributed by atoms with Crippen LogP contribution in [-0.2, 0) is 17.6 Å². The number of para-hydroxylation sites is 2. The van der Waals surface area contributed by atoms with Crippen molar-refractivity contribution in [1.29, 1.82) is 0 Å². The Balaban J connectivity index is 1.64. The van der Waals surface area contributed by atoms with Crippen LogP contribution in [0.4, 0.5) is 10.1 Å². The third-order valence-electron chi connectivity index (χ3n) is 5.34. The topological polar surface area (TPSA) is 56.2 Å². The molecular weight excluding hydrogens is 417 g/mol. The first kappa shape index (κ1) is 22.3. The number of halogens is 1. The van der Waals surface area contributed by atoms with E-state index in [-0.39, 0.29) is 18.0 Å². The van der Waals surface area contributed by atoms with Gasteiger partial charge >= 0.3 is 0 Å². The van der Waals surface area contributed by atoms with E-state index in [1.807, 2.05) is 68.4 Å². The molecule has 5 nitrogen and oxygen atoms in total. The van der Waals surface area contributed by atoms with Crippen molar-refractivity contribution >= 4 is 11.6 Å². The number of rotatable bonds is 8. The van der Waals surface area contributed by atoms with Crippen molar-refractivity contribution in [1.82, 2.24) is 9.78 Å². The highest BCUT2D eigenvalue weighted by Crippen LogP contribution is 2.32. The van der Waals surface area contributed by atoms with Gasteiger partial charge in [0.05, 0.1) is 17.1 Å². The average molecular weight is 444 g/mol. The van der Waals surface area contributed by atoms with Crippen LogP contribution in [-0.4, -0.2) is 15.7 Å². The van der Waals surface area contributed by atoms with Gasteiger partial charge in [-0.3, -0.25) is 4.79 Å². The summed E-state index contributed by atoms with van der Waals surface area (Å²) < 4.78 is 22.0. The van der Waals surface area contributed by atoms with E-state index < -0.39 is 5.82 Å². The first-order valence-corrected chi connectivity index (χ1v) is 11.0. The molecule has 33 heavy (non-hydrogen) atoms. The summed E-state index contributed by atoms with van der Waals surface area (Å²) in [6, 6.07) is 23.7. The number of amides is 1. The number of ether oxygens (including phenoxy) is 1. The van der Waals surface area contributed by atoms with Crippen LogP contribution >= 0.6 is 0 Å². The van der Waals surface area contributed by atoms with Crippen LogP contribution in [0.15, 0.2) is 78.9 Å². The molecule has 4 aromatic rings. The summed E-state index contributed by atoms with van der Waals surface area (Å²) >= 11 is 0. The molecule has 0 atom stereocenters. The van der Waals surface area contributed by atoms with E-state index in [1.165, 1.54) is 6.07 Å². The first-order valence-electron chi connectivity index (χ1n) is 11.0. The summed E-state index contributed by atoms with van der Waals surface area (Å²) in [5.41, 5.74) is 3.91.